The van der Waals surface area contributed by atoms with E-state index in [0.29, 0.717) is 11.3 Å². The van der Waals surface area contributed by atoms with Gasteiger partial charge in [-0.1, -0.05) is 84.9 Å². The van der Waals surface area contributed by atoms with Crippen LogP contribution >= 0.6 is 0 Å². The van der Waals surface area contributed by atoms with E-state index in [0.717, 1.165) is 11.1 Å². The van der Waals surface area contributed by atoms with Crippen molar-refractivity contribution >= 4 is 17.6 Å². The van der Waals surface area contributed by atoms with Crippen LogP contribution in [0.4, 0.5) is 5.69 Å². The molecule has 1 N–H and O–H groups in total. The zero-order valence-corrected chi connectivity index (χ0v) is 15.0. The van der Waals surface area contributed by atoms with E-state index in [1.165, 1.54) is 24.3 Å². The second-order valence-corrected chi connectivity index (χ2v) is 6.06. The Morgan fingerprint density at radius 2 is 1.39 bits per heavy atom. The second-order valence-electron chi connectivity index (χ2n) is 6.06. The van der Waals surface area contributed by atoms with Gasteiger partial charge in [-0.25, -0.2) is 9.64 Å². The Morgan fingerprint density at radius 3 is 1.89 bits per heavy atom. The second kappa shape index (κ2) is 9.15. The molecule has 0 spiro atoms. The summed E-state index contributed by atoms with van der Waals surface area (Å²) in [5, 5.41) is 2.92. The van der Waals surface area contributed by atoms with Crippen LogP contribution < -0.4 is 5.32 Å². The minimum absolute atomic E-state index is 0.294. The third kappa shape index (κ3) is 4.83. The van der Waals surface area contributed by atoms with E-state index in [9.17, 15) is 9.59 Å². The lowest BCUT2D eigenvalue weighted by atomic mass is 9.99. The maximum Gasteiger partial charge on any atom is 0.338 e. The highest BCUT2D eigenvalue weighted by atomic mass is 16.5. The summed E-state index contributed by atoms with van der Waals surface area (Å²) in [4.78, 5) is 27.8. The molecule has 28 heavy (non-hydrogen) atoms. The molecular weight excluding hydrogens is 352 g/mol. The minimum atomic E-state index is -0.609. The van der Waals surface area contributed by atoms with Gasteiger partial charge in [0.2, 0.25) is 0 Å². The number of hydrogen-bond donors (Lipinski definition) is 1. The summed E-state index contributed by atoms with van der Waals surface area (Å²) < 4.78 is 5.11. The number of carbonyl (C=O) groups excluding carboxylic acids is 2. The number of hydrogen-bond acceptors (Lipinski definition) is 3. The summed E-state index contributed by atoms with van der Waals surface area (Å²) in [7, 11) is 0. The van der Waals surface area contributed by atoms with Crippen molar-refractivity contribution in [3.05, 3.63) is 113 Å². The molecule has 5 heteroatoms. The molecule has 0 bridgehead atoms. The Balaban J connectivity index is 1.65. The van der Waals surface area contributed by atoms with Crippen molar-refractivity contribution in [2.24, 2.45) is 0 Å². The number of rotatable bonds is 6. The molecule has 0 aromatic heterocycles. The van der Waals surface area contributed by atoms with Crippen molar-refractivity contribution in [3.8, 4) is 0 Å². The van der Waals surface area contributed by atoms with Crippen LogP contribution in [0.25, 0.3) is 4.85 Å². The summed E-state index contributed by atoms with van der Waals surface area (Å²) in [5.74, 6) is -1.01. The van der Waals surface area contributed by atoms with Gasteiger partial charge in [-0.05, 0) is 11.1 Å². The van der Waals surface area contributed by atoms with Crippen LogP contribution in [-0.2, 0) is 9.53 Å². The number of carbonyl (C=O) groups is 2. The fourth-order valence-corrected chi connectivity index (χ4v) is 2.74. The molecule has 0 aliphatic rings. The molecule has 0 saturated carbocycles. The zero-order valence-electron chi connectivity index (χ0n) is 15.0. The van der Waals surface area contributed by atoms with Gasteiger partial charge in [0.15, 0.2) is 12.3 Å². The number of benzene rings is 3. The number of amides is 1. The fraction of sp³-hybridized carbons (Fsp3) is 0.0870. The lowest BCUT2D eigenvalue weighted by molar-refractivity contribution is -0.124. The van der Waals surface area contributed by atoms with Crippen LogP contribution in [0.15, 0.2) is 84.9 Å². The van der Waals surface area contributed by atoms with E-state index in [-0.39, 0.29) is 12.6 Å². The monoisotopic (exact) mass is 370 g/mol. The quantitative estimate of drug-likeness (QED) is 0.520. The normalized spacial score (nSPS) is 10.1. The minimum Gasteiger partial charge on any atom is -0.452 e. The van der Waals surface area contributed by atoms with Gasteiger partial charge in [0.1, 0.15) is 0 Å². The molecule has 3 aromatic carbocycles. The van der Waals surface area contributed by atoms with Crippen molar-refractivity contribution in [1.29, 1.82) is 0 Å². The molecule has 0 fully saturated rings. The van der Waals surface area contributed by atoms with Crippen molar-refractivity contribution in [3.63, 3.8) is 0 Å². The van der Waals surface area contributed by atoms with Crippen LogP contribution in [0.1, 0.15) is 27.5 Å². The summed E-state index contributed by atoms with van der Waals surface area (Å²) >= 11 is 0. The van der Waals surface area contributed by atoms with E-state index < -0.39 is 11.9 Å². The maximum atomic E-state index is 12.4. The van der Waals surface area contributed by atoms with E-state index >= 15 is 0 Å². The molecule has 0 unspecified atom stereocenters. The first-order valence-corrected chi connectivity index (χ1v) is 8.71. The van der Waals surface area contributed by atoms with Crippen LogP contribution in [0.3, 0.4) is 0 Å². The summed E-state index contributed by atoms with van der Waals surface area (Å²) in [5.41, 5.74) is 2.59. The van der Waals surface area contributed by atoms with Crippen LogP contribution in [-0.4, -0.2) is 18.5 Å². The van der Waals surface area contributed by atoms with Gasteiger partial charge in [0, 0.05) is 0 Å². The third-order valence-corrected chi connectivity index (χ3v) is 4.14. The van der Waals surface area contributed by atoms with Crippen LogP contribution in [0, 0.1) is 6.57 Å². The molecule has 0 radical (unpaired) electrons. The largest absolute Gasteiger partial charge is 0.452 e. The number of nitrogens with one attached hydrogen (secondary N) is 1. The third-order valence-electron chi connectivity index (χ3n) is 4.14. The first-order chi connectivity index (χ1) is 13.7. The summed E-state index contributed by atoms with van der Waals surface area (Å²) in [6.45, 7) is 6.53. The maximum absolute atomic E-state index is 12.4. The smallest absolute Gasteiger partial charge is 0.338 e. The van der Waals surface area contributed by atoms with Gasteiger partial charge in [0.25, 0.3) is 5.91 Å². The predicted molar refractivity (Wildman–Crippen MR) is 106 cm³/mol. The van der Waals surface area contributed by atoms with Crippen molar-refractivity contribution in [2.45, 2.75) is 6.04 Å². The summed E-state index contributed by atoms with van der Waals surface area (Å²) in [6, 6.07) is 24.9. The Kier molecular flexibility index (Phi) is 6.17. The molecule has 0 aliphatic heterocycles. The molecule has 3 rings (SSSR count). The van der Waals surface area contributed by atoms with Crippen molar-refractivity contribution < 1.29 is 14.3 Å². The number of esters is 1. The molecule has 5 nitrogen and oxygen atoms in total. The van der Waals surface area contributed by atoms with Gasteiger partial charge >= 0.3 is 5.97 Å². The first-order valence-electron chi connectivity index (χ1n) is 8.71. The average molecular weight is 370 g/mol. The van der Waals surface area contributed by atoms with Crippen LogP contribution in [0.2, 0.25) is 0 Å². The molecule has 3 aromatic rings. The Hall–Kier alpha value is -3.91. The Bertz CT molecular complexity index is 938. The van der Waals surface area contributed by atoms with E-state index in [1.54, 1.807) is 0 Å². The highest BCUT2D eigenvalue weighted by Gasteiger charge is 2.18. The van der Waals surface area contributed by atoms with Gasteiger partial charge in [-0.15, -0.1) is 0 Å². The molecule has 0 saturated heterocycles. The highest BCUT2D eigenvalue weighted by Crippen LogP contribution is 2.21. The molecule has 0 atom stereocenters. The highest BCUT2D eigenvalue weighted by molar-refractivity contribution is 5.91. The SMILES string of the molecule is [C-]#[N+]c1ccc(C(=O)OCC(=O)NC(c2ccccc2)c2ccccc2)cc1. The van der Waals surface area contributed by atoms with Gasteiger partial charge in [-0.3, -0.25) is 4.79 Å². The van der Waals surface area contributed by atoms with Gasteiger partial charge in [-0.2, -0.15) is 0 Å². The van der Waals surface area contributed by atoms with Gasteiger partial charge < -0.3 is 10.1 Å². The van der Waals surface area contributed by atoms with Crippen molar-refractivity contribution in [2.75, 3.05) is 6.61 Å². The molecule has 0 aliphatic carbocycles. The van der Waals surface area contributed by atoms with Gasteiger partial charge in [0.05, 0.1) is 18.2 Å². The van der Waals surface area contributed by atoms with E-state index in [4.69, 9.17) is 11.3 Å². The van der Waals surface area contributed by atoms with Crippen molar-refractivity contribution in [1.82, 2.24) is 5.32 Å². The lowest BCUT2D eigenvalue weighted by Gasteiger charge is -2.20. The first kappa shape index (κ1) is 18.9. The van der Waals surface area contributed by atoms with Crippen LogP contribution in [0.5, 0.6) is 0 Å². The summed E-state index contributed by atoms with van der Waals surface area (Å²) in [6.07, 6.45) is 0. The Morgan fingerprint density at radius 1 is 0.857 bits per heavy atom. The topological polar surface area (TPSA) is 59.8 Å². The zero-order chi connectivity index (χ0) is 19.8. The number of ether oxygens (including phenoxy) is 1. The average Bonchev–Trinajstić information content (AvgIpc) is 2.77. The molecule has 1 amide bonds. The van der Waals surface area contributed by atoms with E-state index in [2.05, 4.69) is 10.2 Å². The fourth-order valence-electron chi connectivity index (χ4n) is 2.74. The lowest BCUT2D eigenvalue weighted by Crippen LogP contribution is -2.33. The standard InChI is InChI=1S/C23H18N2O3/c1-24-20-14-12-19(13-15-20)23(27)28-16-21(26)25-22(17-8-4-2-5-9-17)18-10-6-3-7-11-18/h2-15,22H,16H2,(H,25,26). The predicted octanol–water partition coefficient (Wildman–Crippen LogP) is 4.30. The molecule has 138 valence electrons. The molecular formula is C23H18N2O3. The number of nitrogens with zero attached hydrogens (tertiary/aromatic N) is 1. The Labute approximate surface area is 163 Å². The van der Waals surface area contributed by atoms with E-state index in [1.807, 2.05) is 60.7 Å². The molecule has 0 heterocycles.